The normalized spacial score (nSPS) is 16.2. The van der Waals surface area contributed by atoms with E-state index in [0.717, 1.165) is 5.56 Å². The molecule has 0 amide bonds. The van der Waals surface area contributed by atoms with Gasteiger partial charge < -0.3 is 10.4 Å². The first-order chi connectivity index (χ1) is 11.6. The van der Waals surface area contributed by atoms with Gasteiger partial charge in [0.25, 0.3) is 0 Å². The first-order valence-electron chi connectivity index (χ1n) is 7.04. The molecule has 0 bridgehead atoms. The molecule has 4 rings (SSSR count). The topological polar surface area (TPSA) is 109 Å². The number of aromatic amines is 1. The molecule has 1 aliphatic rings. The fourth-order valence-electron chi connectivity index (χ4n) is 2.65. The average molecular weight is 326 g/mol. The number of anilines is 1. The zero-order chi connectivity index (χ0) is 16.7. The van der Waals surface area contributed by atoms with Gasteiger partial charge in [0.05, 0.1) is 11.9 Å². The van der Waals surface area contributed by atoms with Crippen molar-refractivity contribution in [3.05, 3.63) is 59.9 Å². The molecule has 3 heterocycles. The maximum absolute atomic E-state index is 13.1. The van der Waals surface area contributed by atoms with Crippen LogP contribution in [0, 0.1) is 5.82 Å². The molecule has 1 unspecified atom stereocenters. The lowest BCUT2D eigenvalue weighted by Gasteiger charge is -2.22. The zero-order valence-corrected chi connectivity index (χ0v) is 12.1. The van der Waals surface area contributed by atoms with Crippen molar-refractivity contribution in [1.82, 2.24) is 25.0 Å². The van der Waals surface area contributed by atoms with Gasteiger partial charge >= 0.3 is 5.97 Å². The number of hydrogen-bond acceptors (Lipinski definition) is 5. The molecule has 0 fully saturated rings. The number of H-pyrrole nitrogens is 1. The van der Waals surface area contributed by atoms with Crippen LogP contribution in [0.5, 0.6) is 0 Å². The van der Waals surface area contributed by atoms with Crippen LogP contribution in [0.1, 0.15) is 11.6 Å². The summed E-state index contributed by atoms with van der Waals surface area (Å²) >= 11 is 0. The van der Waals surface area contributed by atoms with Gasteiger partial charge in [0.1, 0.15) is 23.9 Å². The highest BCUT2D eigenvalue weighted by Gasteiger charge is 2.28. The molecule has 3 aromatic rings. The van der Waals surface area contributed by atoms with E-state index in [1.165, 1.54) is 24.5 Å². The number of nitrogens with zero attached hydrogens (tertiary/aromatic N) is 4. The maximum Gasteiger partial charge on any atom is 0.352 e. The van der Waals surface area contributed by atoms with E-state index in [2.05, 4.69) is 25.6 Å². The Labute approximate surface area is 134 Å². The number of carboxylic acids is 1. The third-order valence-electron chi connectivity index (χ3n) is 3.76. The van der Waals surface area contributed by atoms with Gasteiger partial charge in [-0.05, 0) is 30.3 Å². The number of hydrogen-bond donors (Lipinski definition) is 3. The second-order valence-electron chi connectivity index (χ2n) is 5.19. The molecule has 120 valence electrons. The molecule has 9 heteroatoms. The van der Waals surface area contributed by atoms with Crippen molar-refractivity contribution in [2.75, 3.05) is 5.32 Å². The van der Waals surface area contributed by atoms with E-state index >= 15 is 0 Å². The molecule has 0 saturated carbocycles. The van der Waals surface area contributed by atoms with Crippen molar-refractivity contribution in [3.8, 4) is 11.3 Å². The molecule has 24 heavy (non-hydrogen) atoms. The summed E-state index contributed by atoms with van der Waals surface area (Å²) in [5.74, 6) is -1.11. The molecule has 0 aliphatic carbocycles. The van der Waals surface area contributed by atoms with Crippen LogP contribution < -0.4 is 5.32 Å². The minimum absolute atomic E-state index is 0.00626. The first kappa shape index (κ1) is 14.1. The van der Waals surface area contributed by atoms with Gasteiger partial charge in [-0.3, -0.25) is 5.10 Å². The number of benzene rings is 1. The van der Waals surface area contributed by atoms with E-state index in [1.54, 1.807) is 23.0 Å². The smallest absolute Gasteiger partial charge is 0.352 e. The summed E-state index contributed by atoms with van der Waals surface area (Å²) in [7, 11) is 0. The van der Waals surface area contributed by atoms with E-state index < -0.39 is 12.0 Å². The molecule has 0 spiro atoms. The third kappa shape index (κ3) is 2.22. The van der Waals surface area contributed by atoms with Crippen LogP contribution in [0.4, 0.5) is 10.3 Å². The Morgan fingerprint density at radius 3 is 2.83 bits per heavy atom. The van der Waals surface area contributed by atoms with E-state index in [9.17, 15) is 14.3 Å². The third-order valence-corrected chi connectivity index (χ3v) is 3.76. The summed E-state index contributed by atoms with van der Waals surface area (Å²) in [6, 6.07) is 5.44. The van der Waals surface area contributed by atoms with Crippen LogP contribution in [0.25, 0.3) is 11.3 Å². The summed E-state index contributed by atoms with van der Waals surface area (Å²) in [6.07, 6.45) is 4.46. The van der Waals surface area contributed by atoms with Crippen LogP contribution in [0.15, 0.2) is 48.6 Å². The number of aromatic nitrogens is 5. The highest BCUT2D eigenvalue weighted by atomic mass is 19.1. The number of fused-ring (bicyclic) bond motifs is 1. The Hall–Kier alpha value is -3.49. The van der Waals surface area contributed by atoms with E-state index in [4.69, 9.17) is 0 Å². The van der Waals surface area contributed by atoms with Crippen LogP contribution >= 0.6 is 0 Å². The van der Waals surface area contributed by atoms with Crippen molar-refractivity contribution < 1.29 is 14.3 Å². The predicted molar refractivity (Wildman–Crippen MR) is 81.5 cm³/mol. The molecular formula is C15H11FN6O2. The number of carbonyl (C=O) groups is 1. The first-order valence-corrected chi connectivity index (χ1v) is 7.04. The van der Waals surface area contributed by atoms with Crippen LogP contribution in [-0.2, 0) is 4.79 Å². The molecule has 2 aromatic heterocycles. The lowest BCUT2D eigenvalue weighted by molar-refractivity contribution is -0.132. The van der Waals surface area contributed by atoms with E-state index in [0.29, 0.717) is 17.2 Å². The minimum Gasteiger partial charge on any atom is -0.477 e. The summed E-state index contributed by atoms with van der Waals surface area (Å²) in [5, 5.41) is 23.0. The SMILES string of the molecule is O=C(O)C1=CC(c2cn[nH]c2-c2ccc(F)cc2)n2ncnc2N1. The number of rotatable bonds is 3. The Morgan fingerprint density at radius 2 is 2.08 bits per heavy atom. The van der Waals surface area contributed by atoms with Gasteiger partial charge in [-0.2, -0.15) is 15.2 Å². The Kier molecular flexibility index (Phi) is 3.12. The minimum atomic E-state index is -1.10. The Morgan fingerprint density at radius 1 is 1.29 bits per heavy atom. The number of carboxylic acid groups (broad SMARTS) is 1. The van der Waals surface area contributed by atoms with Crippen molar-refractivity contribution in [2.45, 2.75) is 6.04 Å². The highest BCUT2D eigenvalue weighted by molar-refractivity contribution is 5.90. The van der Waals surface area contributed by atoms with Gasteiger partial charge in [0.15, 0.2) is 0 Å². The fourth-order valence-corrected chi connectivity index (χ4v) is 2.65. The predicted octanol–water partition coefficient (Wildman–Crippen LogP) is 1.79. The van der Waals surface area contributed by atoms with Gasteiger partial charge in [-0.1, -0.05) is 0 Å². The highest BCUT2D eigenvalue weighted by Crippen LogP contribution is 2.33. The zero-order valence-electron chi connectivity index (χ0n) is 12.1. The van der Waals surface area contributed by atoms with Crippen molar-refractivity contribution >= 4 is 11.9 Å². The molecule has 1 atom stereocenters. The van der Waals surface area contributed by atoms with Gasteiger partial charge in [0.2, 0.25) is 5.95 Å². The Balaban J connectivity index is 1.84. The summed E-state index contributed by atoms with van der Waals surface area (Å²) in [6.45, 7) is 0. The quantitative estimate of drug-likeness (QED) is 0.677. The van der Waals surface area contributed by atoms with Crippen molar-refractivity contribution in [1.29, 1.82) is 0 Å². The largest absolute Gasteiger partial charge is 0.477 e. The molecule has 0 radical (unpaired) electrons. The molecule has 1 aromatic carbocycles. The Bertz CT molecular complexity index is 943. The summed E-state index contributed by atoms with van der Waals surface area (Å²) in [4.78, 5) is 15.4. The monoisotopic (exact) mass is 326 g/mol. The van der Waals surface area contributed by atoms with Crippen LogP contribution in [0.2, 0.25) is 0 Å². The fraction of sp³-hybridized carbons (Fsp3) is 0.0667. The van der Waals surface area contributed by atoms with Gasteiger partial charge in [0, 0.05) is 11.1 Å². The lowest BCUT2D eigenvalue weighted by Crippen LogP contribution is -2.24. The number of aliphatic carboxylic acids is 1. The molecule has 0 saturated heterocycles. The number of allylic oxidation sites excluding steroid dienone is 1. The van der Waals surface area contributed by atoms with Crippen LogP contribution in [0.3, 0.4) is 0 Å². The average Bonchev–Trinajstić information content (AvgIpc) is 3.23. The standard InChI is InChI=1S/C15H11FN6O2/c16-9-3-1-8(2-4-9)13-10(6-18-21-13)12-5-11(14(23)24)20-15-17-7-19-22(12)15/h1-7,12H,(H,18,21)(H,23,24)(H,17,19,20). The second-order valence-corrected chi connectivity index (χ2v) is 5.19. The molecular weight excluding hydrogens is 315 g/mol. The van der Waals surface area contributed by atoms with E-state index in [-0.39, 0.29) is 11.5 Å². The summed E-state index contributed by atoms with van der Waals surface area (Å²) < 4.78 is 14.7. The van der Waals surface area contributed by atoms with Gasteiger partial charge in [-0.25, -0.2) is 13.9 Å². The summed E-state index contributed by atoms with van der Waals surface area (Å²) in [5.41, 5.74) is 2.10. The van der Waals surface area contributed by atoms with Crippen molar-refractivity contribution in [2.24, 2.45) is 0 Å². The van der Waals surface area contributed by atoms with Crippen molar-refractivity contribution in [3.63, 3.8) is 0 Å². The lowest BCUT2D eigenvalue weighted by atomic mass is 10.0. The van der Waals surface area contributed by atoms with E-state index in [1.807, 2.05) is 0 Å². The molecule has 3 N–H and O–H groups in total. The van der Waals surface area contributed by atoms with Gasteiger partial charge in [-0.15, -0.1) is 0 Å². The maximum atomic E-state index is 13.1. The number of nitrogens with one attached hydrogen (secondary N) is 2. The molecule has 8 nitrogen and oxygen atoms in total. The van der Waals surface area contributed by atoms with Crippen LogP contribution in [-0.4, -0.2) is 36.0 Å². The molecule has 1 aliphatic heterocycles. The second kappa shape index (κ2) is 5.30. The number of halogens is 1.